The third-order valence-electron chi connectivity index (χ3n) is 4.33. The van der Waals surface area contributed by atoms with Gasteiger partial charge in [0, 0.05) is 12.0 Å². The number of para-hydroxylation sites is 1. The number of hydrogen-bond donors (Lipinski definition) is 0. The summed E-state index contributed by atoms with van der Waals surface area (Å²) in [5.74, 6) is 1.60. The van der Waals surface area contributed by atoms with E-state index in [1.807, 2.05) is 72.8 Å². The van der Waals surface area contributed by atoms with Crippen molar-refractivity contribution in [3.05, 3.63) is 108 Å². The molecule has 0 saturated carbocycles. The minimum absolute atomic E-state index is 0.103. The van der Waals surface area contributed by atoms with Gasteiger partial charge < -0.3 is 4.74 Å². The maximum Gasteiger partial charge on any atom is 0.167 e. The Hall–Kier alpha value is -3.39. The highest BCUT2D eigenvalue weighted by Crippen LogP contribution is 2.22. The van der Waals surface area contributed by atoms with Gasteiger partial charge in [-0.3, -0.25) is 4.79 Å². The number of carbonyl (C=O) groups is 1. The molecule has 0 amide bonds. The van der Waals surface area contributed by atoms with Crippen molar-refractivity contribution in [1.29, 1.82) is 0 Å². The summed E-state index contributed by atoms with van der Waals surface area (Å²) in [6.07, 6.45) is 0.393. The molecule has 0 N–H and O–H groups in total. The molecule has 2 heteroatoms. The summed E-state index contributed by atoms with van der Waals surface area (Å²) in [4.78, 5) is 12.6. The van der Waals surface area contributed by atoms with E-state index in [-0.39, 0.29) is 5.78 Å². The molecule has 0 spiro atoms. The second-order valence-electron chi connectivity index (χ2n) is 6.22. The molecular formula is C24H18O2. The van der Waals surface area contributed by atoms with Crippen LogP contribution >= 0.6 is 0 Å². The number of fused-ring (bicyclic) bond motifs is 1. The van der Waals surface area contributed by atoms with Crippen molar-refractivity contribution in [2.24, 2.45) is 0 Å². The standard InChI is InChI=1S/C24H18O2/c25-24(17-18-10-11-19-6-4-5-7-21(19)16-18)20-12-14-23(15-13-20)26-22-8-2-1-3-9-22/h1-16H,17H2. The SMILES string of the molecule is O=C(Cc1ccc2ccccc2c1)c1ccc(Oc2ccccc2)cc1. The van der Waals surface area contributed by atoms with E-state index in [1.54, 1.807) is 0 Å². The van der Waals surface area contributed by atoms with E-state index in [9.17, 15) is 4.79 Å². The molecule has 0 unspecified atom stereocenters. The van der Waals surface area contributed by atoms with Gasteiger partial charge >= 0.3 is 0 Å². The van der Waals surface area contributed by atoms with Crippen LogP contribution < -0.4 is 4.74 Å². The molecule has 0 aliphatic rings. The van der Waals surface area contributed by atoms with Gasteiger partial charge in [0.15, 0.2) is 5.78 Å². The molecule has 0 bridgehead atoms. The first kappa shape index (κ1) is 16.1. The predicted molar refractivity (Wildman–Crippen MR) is 105 cm³/mol. The third kappa shape index (κ3) is 3.65. The van der Waals surface area contributed by atoms with Crippen LogP contribution in [0.2, 0.25) is 0 Å². The van der Waals surface area contributed by atoms with E-state index in [1.165, 1.54) is 5.39 Å². The Morgan fingerprint density at radius 3 is 2.08 bits per heavy atom. The maximum absolute atomic E-state index is 12.6. The minimum Gasteiger partial charge on any atom is -0.457 e. The molecule has 0 aromatic heterocycles. The third-order valence-corrected chi connectivity index (χ3v) is 4.33. The van der Waals surface area contributed by atoms with E-state index in [0.717, 1.165) is 22.4 Å². The Kier molecular flexibility index (Phi) is 4.48. The van der Waals surface area contributed by atoms with Gasteiger partial charge in [-0.1, -0.05) is 60.7 Å². The number of Topliss-reactive ketones (excluding diaryl/α,β-unsaturated/α-hetero) is 1. The molecule has 0 saturated heterocycles. The van der Waals surface area contributed by atoms with Gasteiger partial charge in [0.1, 0.15) is 11.5 Å². The summed E-state index contributed by atoms with van der Waals surface area (Å²) < 4.78 is 5.77. The van der Waals surface area contributed by atoms with Crippen LogP contribution in [0.5, 0.6) is 11.5 Å². The minimum atomic E-state index is 0.103. The van der Waals surface area contributed by atoms with Gasteiger partial charge in [-0.2, -0.15) is 0 Å². The van der Waals surface area contributed by atoms with Crippen molar-refractivity contribution >= 4 is 16.6 Å². The second-order valence-corrected chi connectivity index (χ2v) is 6.22. The van der Waals surface area contributed by atoms with Gasteiger partial charge in [0.05, 0.1) is 0 Å². The fourth-order valence-electron chi connectivity index (χ4n) is 2.97. The smallest absolute Gasteiger partial charge is 0.167 e. The Morgan fingerprint density at radius 1 is 0.654 bits per heavy atom. The molecule has 4 aromatic rings. The Balaban J connectivity index is 1.47. The molecule has 0 atom stereocenters. The topological polar surface area (TPSA) is 26.3 Å². The van der Waals surface area contributed by atoms with Crippen LogP contribution in [-0.2, 0) is 6.42 Å². The Morgan fingerprint density at radius 2 is 1.31 bits per heavy atom. The molecule has 4 rings (SSSR count). The molecule has 0 radical (unpaired) electrons. The second kappa shape index (κ2) is 7.24. The van der Waals surface area contributed by atoms with E-state index >= 15 is 0 Å². The first-order valence-electron chi connectivity index (χ1n) is 8.62. The Labute approximate surface area is 152 Å². The van der Waals surface area contributed by atoms with Crippen LogP contribution in [0.4, 0.5) is 0 Å². The van der Waals surface area contributed by atoms with Crippen molar-refractivity contribution in [3.8, 4) is 11.5 Å². The maximum atomic E-state index is 12.6. The van der Waals surface area contributed by atoms with Gasteiger partial charge in [-0.15, -0.1) is 0 Å². The molecule has 0 aliphatic carbocycles. The van der Waals surface area contributed by atoms with Crippen LogP contribution in [0.25, 0.3) is 10.8 Å². The van der Waals surface area contributed by atoms with Crippen molar-refractivity contribution in [1.82, 2.24) is 0 Å². The van der Waals surface area contributed by atoms with E-state index < -0.39 is 0 Å². The highest BCUT2D eigenvalue weighted by Gasteiger charge is 2.08. The molecule has 26 heavy (non-hydrogen) atoms. The molecule has 4 aromatic carbocycles. The summed E-state index contributed by atoms with van der Waals surface area (Å²) in [7, 11) is 0. The van der Waals surface area contributed by atoms with Gasteiger partial charge in [-0.05, 0) is 52.7 Å². The van der Waals surface area contributed by atoms with E-state index in [2.05, 4.69) is 24.3 Å². The molecule has 0 fully saturated rings. The molecule has 0 aliphatic heterocycles. The average molecular weight is 338 g/mol. The number of ketones is 1. The summed E-state index contributed by atoms with van der Waals surface area (Å²) in [5.41, 5.74) is 1.72. The van der Waals surface area contributed by atoms with Gasteiger partial charge in [0.25, 0.3) is 0 Å². The number of hydrogen-bond acceptors (Lipinski definition) is 2. The van der Waals surface area contributed by atoms with Gasteiger partial charge in [-0.25, -0.2) is 0 Å². The highest BCUT2D eigenvalue weighted by atomic mass is 16.5. The zero-order valence-corrected chi connectivity index (χ0v) is 14.3. The molecule has 0 heterocycles. The molecular weight excluding hydrogens is 320 g/mol. The van der Waals surface area contributed by atoms with E-state index in [0.29, 0.717) is 12.0 Å². The molecule has 126 valence electrons. The van der Waals surface area contributed by atoms with Crippen LogP contribution in [0.1, 0.15) is 15.9 Å². The lowest BCUT2D eigenvalue weighted by molar-refractivity contribution is 0.0993. The molecule has 2 nitrogen and oxygen atoms in total. The number of carbonyl (C=O) groups excluding carboxylic acids is 1. The van der Waals surface area contributed by atoms with Crippen LogP contribution in [-0.4, -0.2) is 5.78 Å². The van der Waals surface area contributed by atoms with Crippen LogP contribution in [0, 0.1) is 0 Å². The highest BCUT2D eigenvalue weighted by molar-refractivity contribution is 5.98. The first-order chi connectivity index (χ1) is 12.8. The lowest BCUT2D eigenvalue weighted by Gasteiger charge is -2.07. The quantitative estimate of drug-likeness (QED) is 0.414. The Bertz CT molecular complexity index is 1030. The zero-order chi connectivity index (χ0) is 17.8. The van der Waals surface area contributed by atoms with Crippen molar-refractivity contribution in [2.75, 3.05) is 0 Å². The summed E-state index contributed by atoms with van der Waals surface area (Å²) >= 11 is 0. The number of ether oxygens (including phenoxy) is 1. The van der Waals surface area contributed by atoms with Crippen LogP contribution in [0.3, 0.4) is 0 Å². The first-order valence-corrected chi connectivity index (χ1v) is 8.62. The number of rotatable bonds is 5. The summed E-state index contributed by atoms with van der Waals surface area (Å²) in [5, 5.41) is 2.34. The van der Waals surface area contributed by atoms with Crippen molar-refractivity contribution in [2.45, 2.75) is 6.42 Å². The monoisotopic (exact) mass is 338 g/mol. The fourth-order valence-corrected chi connectivity index (χ4v) is 2.97. The largest absolute Gasteiger partial charge is 0.457 e. The normalized spacial score (nSPS) is 10.6. The summed E-state index contributed by atoms with van der Waals surface area (Å²) in [6, 6.07) is 31.3. The van der Waals surface area contributed by atoms with Crippen LogP contribution in [0.15, 0.2) is 97.1 Å². The average Bonchev–Trinajstić information content (AvgIpc) is 2.69. The van der Waals surface area contributed by atoms with E-state index in [4.69, 9.17) is 4.74 Å². The fraction of sp³-hybridized carbons (Fsp3) is 0.0417. The van der Waals surface area contributed by atoms with Crippen molar-refractivity contribution in [3.63, 3.8) is 0 Å². The zero-order valence-electron chi connectivity index (χ0n) is 14.3. The predicted octanol–water partition coefficient (Wildman–Crippen LogP) is 6.06. The lowest BCUT2D eigenvalue weighted by Crippen LogP contribution is -2.03. The lowest BCUT2D eigenvalue weighted by atomic mass is 10.00. The van der Waals surface area contributed by atoms with Crippen molar-refractivity contribution < 1.29 is 9.53 Å². The summed E-state index contributed by atoms with van der Waals surface area (Å²) in [6.45, 7) is 0. The van der Waals surface area contributed by atoms with Gasteiger partial charge in [0.2, 0.25) is 0 Å². The number of benzene rings is 4.